The normalized spacial score (nSPS) is 11.4. The summed E-state index contributed by atoms with van der Waals surface area (Å²) in [6, 6.07) is 14.6. The molecule has 126 valence electrons. The van der Waals surface area contributed by atoms with E-state index in [9.17, 15) is 4.79 Å². The zero-order valence-electron chi connectivity index (χ0n) is 13.3. The van der Waals surface area contributed by atoms with Crippen molar-refractivity contribution in [2.45, 2.75) is 0 Å². The van der Waals surface area contributed by atoms with Crippen LogP contribution in [-0.2, 0) is 0 Å². The van der Waals surface area contributed by atoms with Gasteiger partial charge in [0.2, 0.25) is 0 Å². The highest BCUT2D eigenvalue weighted by Gasteiger charge is 2.12. The number of H-pyrrole nitrogens is 2. The quantitative estimate of drug-likeness (QED) is 0.504. The van der Waals surface area contributed by atoms with Gasteiger partial charge in [0.1, 0.15) is 11.2 Å². The summed E-state index contributed by atoms with van der Waals surface area (Å²) in [4.78, 5) is 15.8. The Kier molecular flexibility index (Phi) is 3.16. The smallest absolute Gasteiger partial charge is 0.274 e. The fourth-order valence-corrected chi connectivity index (χ4v) is 3.12. The molecule has 26 heavy (non-hydrogen) atoms. The van der Waals surface area contributed by atoms with Gasteiger partial charge in [0.15, 0.2) is 0 Å². The van der Waals surface area contributed by atoms with Crippen molar-refractivity contribution in [3.8, 4) is 22.4 Å². The second-order valence-electron chi connectivity index (χ2n) is 5.89. The number of hydrogen-bond acceptors (Lipinski definition) is 4. The summed E-state index contributed by atoms with van der Waals surface area (Å²) in [7, 11) is 0. The second-order valence-corrected chi connectivity index (χ2v) is 6.33. The van der Waals surface area contributed by atoms with E-state index < -0.39 is 0 Å². The second kappa shape index (κ2) is 5.53. The number of nitrogens with zero attached hydrogens (tertiary/aromatic N) is 4. The van der Waals surface area contributed by atoms with Crippen LogP contribution < -0.4 is 5.56 Å². The van der Waals surface area contributed by atoms with E-state index in [0.717, 1.165) is 27.7 Å². The average Bonchev–Trinajstić information content (AvgIpc) is 3.28. The minimum atomic E-state index is -0.214. The topological polar surface area (TPSA) is 91.7 Å². The highest BCUT2D eigenvalue weighted by atomic mass is 35.5. The minimum Gasteiger partial charge on any atom is -0.339 e. The highest BCUT2D eigenvalue weighted by Crippen LogP contribution is 2.26. The van der Waals surface area contributed by atoms with Gasteiger partial charge in [0, 0.05) is 22.2 Å². The molecule has 2 N–H and O–H groups in total. The van der Waals surface area contributed by atoms with Crippen LogP contribution in [0.2, 0.25) is 5.02 Å². The van der Waals surface area contributed by atoms with E-state index >= 15 is 0 Å². The van der Waals surface area contributed by atoms with E-state index in [1.807, 2.05) is 30.3 Å². The number of aromatic amines is 2. The van der Waals surface area contributed by atoms with E-state index in [2.05, 4.69) is 25.5 Å². The summed E-state index contributed by atoms with van der Waals surface area (Å²) in [6.45, 7) is 0. The van der Waals surface area contributed by atoms with Crippen LogP contribution in [0.1, 0.15) is 0 Å². The summed E-state index contributed by atoms with van der Waals surface area (Å²) < 4.78 is 1.35. The summed E-state index contributed by atoms with van der Waals surface area (Å²) in [5.41, 5.74) is 5.24. The summed E-state index contributed by atoms with van der Waals surface area (Å²) >= 11 is 5.97. The molecule has 0 saturated carbocycles. The van der Waals surface area contributed by atoms with Crippen LogP contribution >= 0.6 is 11.6 Å². The summed E-state index contributed by atoms with van der Waals surface area (Å²) in [5, 5.41) is 15.5. The zero-order valence-corrected chi connectivity index (χ0v) is 14.0. The minimum absolute atomic E-state index is 0.214. The van der Waals surface area contributed by atoms with Gasteiger partial charge in [-0.15, -0.1) is 5.10 Å². The maximum atomic E-state index is 12.5. The first-order valence-electron chi connectivity index (χ1n) is 7.87. The van der Waals surface area contributed by atoms with Gasteiger partial charge in [0.25, 0.3) is 5.56 Å². The Morgan fingerprint density at radius 2 is 1.81 bits per heavy atom. The summed E-state index contributed by atoms with van der Waals surface area (Å²) in [6.07, 6.45) is 1.67. The monoisotopic (exact) mass is 362 g/mol. The molecule has 5 rings (SSSR count). The summed E-state index contributed by atoms with van der Waals surface area (Å²) in [5.74, 6) is 0. The predicted molar refractivity (Wildman–Crippen MR) is 99.1 cm³/mol. The van der Waals surface area contributed by atoms with Crippen LogP contribution in [0.15, 0.2) is 59.5 Å². The van der Waals surface area contributed by atoms with Gasteiger partial charge in [-0.2, -0.15) is 9.61 Å². The molecule has 0 aliphatic heterocycles. The Balaban J connectivity index is 1.73. The first-order chi connectivity index (χ1) is 12.7. The predicted octanol–water partition coefficient (Wildman–Crippen LogP) is 3.28. The Labute approximate surface area is 151 Å². The van der Waals surface area contributed by atoms with E-state index in [1.54, 1.807) is 18.3 Å². The van der Waals surface area contributed by atoms with Crippen molar-refractivity contribution in [1.82, 2.24) is 30.0 Å². The third kappa shape index (κ3) is 2.29. The molecular weight excluding hydrogens is 352 g/mol. The van der Waals surface area contributed by atoms with E-state index in [0.29, 0.717) is 16.4 Å². The first kappa shape index (κ1) is 14.9. The van der Waals surface area contributed by atoms with E-state index in [-0.39, 0.29) is 5.56 Å². The lowest BCUT2D eigenvalue weighted by molar-refractivity contribution is 0.901. The van der Waals surface area contributed by atoms with Crippen molar-refractivity contribution < 1.29 is 0 Å². The molecule has 0 radical (unpaired) electrons. The largest absolute Gasteiger partial charge is 0.339 e. The van der Waals surface area contributed by atoms with Gasteiger partial charge >= 0.3 is 0 Å². The maximum absolute atomic E-state index is 12.5. The molecule has 0 aliphatic carbocycles. The van der Waals surface area contributed by atoms with Gasteiger partial charge < -0.3 is 4.98 Å². The lowest BCUT2D eigenvalue weighted by Crippen LogP contribution is -2.14. The molecule has 0 unspecified atom stereocenters. The molecule has 5 aromatic rings. The zero-order chi connectivity index (χ0) is 17.7. The van der Waals surface area contributed by atoms with Crippen molar-refractivity contribution in [2.75, 3.05) is 0 Å². The molecule has 0 fully saturated rings. The fourth-order valence-electron chi connectivity index (χ4n) is 2.99. The standard InChI is InChI=1S/C18H11ClN6O/c19-12-4-1-10(2-5-12)13-9-20-25-17(26)8-15(21-18(13)25)11-3-6-14-16(7-11)23-24-22-14/h1-9,21H,(H,22,23,24). The number of halogens is 1. The SMILES string of the molecule is O=c1cc(-c2ccc3[nH]nnc3c2)[nH]c2c(-c3ccc(Cl)cc3)cnn12. The van der Waals surface area contributed by atoms with E-state index in [1.165, 1.54) is 10.6 Å². The highest BCUT2D eigenvalue weighted by molar-refractivity contribution is 6.30. The molecule has 3 aromatic heterocycles. The lowest BCUT2D eigenvalue weighted by Gasteiger charge is -2.05. The molecule has 8 heteroatoms. The molecule has 0 bridgehead atoms. The van der Waals surface area contributed by atoms with Gasteiger partial charge in [-0.25, -0.2) is 0 Å². The molecule has 3 heterocycles. The van der Waals surface area contributed by atoms with Gasteiger partial charge in [-0.1, -0.05) is 35.0 Å². The van der Waals surface area contributed by atoms with Crippen LogP contribution in [0.4, 0.5) is 0 Å². The van der Waals surface area contributed by atoms with Gasteiger partial charge in [0.05, 0.1) is 17.4 Å². The number of nitrogens with one attached hydrogen (secondary N) is 2. The number of fused-ring (bicyclic) bond motifs is 2. The Morgan fingerprint density at radius 3 is 2.65 bits per heavy atom. The number of hydrogen-bond donors (Lipinski definition) is 2. The van der Waals surface area contributed by atoms with Crippen molar-refractivity contribution in [1.29, 1.82) is 0 Å². The number of benzene rings is 2. The van der Waals surface area contributed by atoms with Crippen LogP contribution in [0, 0.1) is 0 Å². The maximum Gasteiger partial charge on any atom is 0.274 e. The van der Waals surface area contributed by atoms with Gasteiger partial charge in [-0.05, 0) is 29.8 Å². The number of rotatable bonds is 2. The Bertz CT molecular complexity index is 1320. The number of aromatic nitrogens is 6. The van der Waals surface area contributed by atoms with Gasteiger partial charge in [-0.3, -0.25) is 9.89 Å². The molecule has 0 atom stereocenters. The molecular formula is C18H11ClN6O. The third-order valence-corrected chi connectivity index (χ3v) is 4.54. The first-order valence-corrected chi connectivity index (χ1v) is 8.25. The van der Waals surface area contributed by atoms with Crippen LogP contribution in [0.5, 0.6) is 0 Å². The molecule has 2 aromatic carbocycles. The van der Waals surface area contributed by atoms with Crippen LogP contribution in [0.3, 0.4) is 0 Å². The lowest BCUT2D eigenvalue weighted by atomic mass is 10.1. The van der Waals surface area contributed by atoms with E-state index in [4.69, 9.17) is 11.6 Å². The molecule has 0 aliphatic rings. The van der Waals surface area contributed by atoms with Crippen molar-refractivity contribution >= 4 is 28.3 Å². The van der Waals surface area contributed by atoms with Crippen molar-refractivity contribution in [3.63, 3.8) is 0 Å². The molecule has 0 spiro atoms. The molecule has 7 nitrogen and oxygen atoms in total. The Hall–Kier alpha value is -3.45. The van der Waals surface area contributed by atoms with Crippen LogP contribution in [0.25, 0.3) is 39.1 Å². The fraction of sp³-hybridized carbons (Fsp3) is 0. The van der Waals surface area contributed by atoms with Crippen LogP contribution in [-0.4, -0.2) is 30.0 Å². The van der Waals surface area contributed by atoms with Crippen molar-refractivity contribution in [2.24, 2.45) is 0 Å². The third-order valence-electron chi connectivity index (χ3n) is 4.29. The molecule has 0 amide bonds. The van der Waals surface area contributed by atoms with Crippen molar-refractivity contribution in [3.05, 3.63) is 70.1 Å². The molecule has 0 saturated heterocycles. The average molecular weight is 363 g/mol. The Morgan fingerprint density at radius 1 is 1.00 bits per heavy atom.